The highest BCUT2D eigenvalue weighted by molar-refractivity contribution is 6.21. The molecule has 1 aromatic rings. The van der Waals surface area contributed by atoms with Gasteiger partial charge in [0.15, 0.2) is 5.96 Å². The third-order valence-corrected chi connectivity index (χ3v) is 5.14. The molecule has 3 rings (SSSR count). The van der Waals surface area contributed by atoms with Crippen LogP contribution in [0.2, 0.25) is 0 Å². The molecule has 2 N–H and O–H groups in total. The van der Waals surface area contributed by atoms with Crippen molar-refractivity contribution in [2.24, 2.45) is 4.99 Å². The number of fused-ring (bicyclic) bond motifs is 1. The van der Waals surface area contributed by atoms with E-state index in [2.05, 4.69) is 15.6 Å². The van der Waals surface area contributed by atoms with E-state index in [9.17, 15) is 9.59 Å². The fourth-order valence-electron chi connectivity index (χ4n) is 3.54. The summed E-state index contributed by atoms with van der Waals surface area (Å²) in [5.41, 5.74) is 1.01. The lowest BCUT2D eigenvalue weighted by atomic mass is 10.1. The van der Waals surface area contributed by atoms with Crippen molar-refractivity contribution in [3.05, 3.63) is 35.4 Å². The van der Waals surface area contributed by atoms with Crippen molar-refractivity contribution >= 4 is 17.8 Å². The molecule has 1 unspecified atom stereocenters. The quantitative estimate of drug-likeness (QED) is 0.247. The molecular weight excluding hydrogens is 384 g/mol. The van der Waals surface area contributed by atoms with E-state index in [1.807, 2.05) is 6.92 Å². The molecule has 0 radical (unpaired) electrons. The van der Waals surface area contributed by atoms with Gasteiger partial charge in [-0.25, -0.2) is 0 Å². The number of ether oxygens (including phenoxy) is 2. The summed E-state index contributed by atoms with van der Waals surface area (Å²) < 4.78 is 11.0. The van der Waals surface area contributed by atoms with Crippen LogP contribution in [0.25, 0.3) is 0 Å². The summed E-state index contributed by atoms with van der Waals surface area (Å²) >= 11 is 0. The number of carbonyl (C=O) groups excluding carboxylic acids is 2. The monoisotopic (exact) mass is 416 g/mol. The lowest BCUT2D eigenvalue weighted by molar-refractivity contribution is 0.0424. The Hall–Kier alpha value is -2.45. The fourth-order valence-corrected chi connectivity index (χ4v) is 3.54. The molecule has 0 aromatic heterocycles. The van der Waals surface area contributed by atoms with Gasteiger partial charge in [0.2, 0.25) is 0 Å². The molecule has 2 aliphatic rings. The van der Waals surface area contributed by atoms with Crippen molar-refractivity contribution in [2.45, 2.75) is 38.7 Å². The van der Waals surface area contributed by atoms with Gasteiger partial charge < -0.3 is 20.1 Å². The first-order valence-electron chi connectivity index (χ1n) is 10.9. The summed E-state index contributed by atoms with van der Waals surface area (Å²) in [6.07, 6.45) is 3.67. The number of aliphatic imine (C=N–C) groups is 1. The van der Waals surface area contributed by atoms with E-state index in [1.54, 1.807) is 24.3 Å². The fraction of sp³-hybridized carbons (Fsp3) is 0.591. The number of hydrogen-bond acceptors (Lipinski definition) is 5. The summed E-state index contributed by atoms with van der Waals surface area (Å²) in [6, 6.07) is 6.99. The molecule has 30 heavy (non-hydrogen) atoms. The Bertz CT molecular complexity index is 711. The van der Waals surface area contributed by atoms with Crippen molar-refractivity contribution in [2.75, 3.05) is 46.0 Å². The average molecular weight is 417 g/mol. The Labute approximate surface area is 178 Å². The molecular formula is C22H32N4O4. The topological polar surface area (TPSA) is 92.3 Å². The maximum Gasteiger partial charge on any atom is 0.261 e. The number of imide groups is 1. The van der Waals surface area contributed by atoms with Crippen LogP contribution >= 0.6 is 0 Å². The summed E-state index contributed by atoms with van der Waals surface area (Å²) in [7, 11) is 0. The van der Waals surface area contributed by atoms with Gasteiger partial charge >= 0.3 is 0 Å². The number of carbonyl (C=O) groups is 2. The van der Waals surface area contributed by atoms with Gasteiger partial charge in [-0.3, -0.25) is 19.5 Å². The van der Waals surface area contributed by atoms with E-state index in [0.717, 1.165) is 51.3 Å². The summed E-state index contributed by atoms with van der Waals surface area (Å²) in [5.74, 6) is 0.400. The van der Waals surface area contributed by atoms with E-state index >= 15 is 0 Å². The largest absolute Gasteiger partial charge is 0.379 e. The van der Waals surface area contributed by atoms with Crippen molar-refractivity contribution in [3.8, 4) is 0 Å². The maximum absolute atomic E-state index is 12.4. The van der Waals surface area contributed by atoms with Gasteiger partial charge in [-0.15, -0.1) is 0 Å². The molecule has 0 spiro atoms. The molecule has 0 saturated carbocycles. The molecule has 1 aromatic carbocycles. The number of nitrogens with one attached hydrogen (secondary N) is 2. The molecule has 1 fully saturated rings. The highest BCUT2D eigenvalue weighted by atomic mass is 16.5. The number of guanidine groups is 1. The molecule has 164 valence electrons. The van der Waals surface area contributed by atoms with Crippen LogP contribution in [0.1, 0.15) is 53.3 Å². The lowest BCUT2D eigenvalue weighted by Crippen LogP contribution is -2.38. The summed E-state index contributed by atoms with van der Waals surface area (Å²) in [4.78, 5) is 30.6. The minimum absolute atomic E-state index is 0.190. The predicted octanol–water partition coefficient (Wildman–Crippen LogP) is 1.81. The first kappa shape index (κ1) is 22.2. The maximum atomic E-state index is 12.4. The zero-order valence-corrected chi connectivity index (χ0v) is 17.7. The van der Waals surface area contributed by atoms with Crippen LogP contribution in [0.5, 0.6) is 0 Å². The Morgan fingerprint density at radius 1 is 1.17 bits per heavy atom. The van der Waals surface area contributed by atoms with E-state index < -0.39 is 0 Å². The molecule has 8 nitrogen and oxygen atoms in total. The van der Waals surface area contributed by atoms with Crippen molar-refractivity contribution in [1.29, 1.82) is 0 Å². The summed E-state index contributed by atoms with van der Waals surface area (Å²) in [6.45, 7) is 6.86. The number of nitrogens with zero attached hydrogens (tertiary/aromatic N) is 2. The second-order valence-electron chi connectivity index (χ2n) is 7.41. The second kappa shape index (κ2) is 11.7. The SMILES string of the molecule is CCNC(=NCCCOC1CCOC1)NCCCCN1C(=O)c2ccccc2C1=O. The third-order valence-electron chi connectivity index (χ3n) is 5.14. The number of benzene rings is 1. The minimum atomic E-state index is -0.190. The zero-order valence-electron chi connectivity index (χ0n) is 17.7. The van der Waals surface area contributed by atoms with Crippen molar-refractivity contribution in [1.82, 2.24) is 15.5 Å². The van der Waals surface area contributed by atoms with Gasteiger partial charge in [0, 0.05) is 39.4 Å². The Morgan fingerprint density at radius 2 is 1.93 bits per heavy atom. The standard InChI is InChI=1S/C22H32N4O4/c1-2-23-22(25-12-7-14-30-17-10-15-29-16-17)24-11-5-6-13-26-20(27)18-8-3-4-9-19(18)21(26)28/h3-4,8-9,17H,2,5-7,10-16H2,1H3,(H2,23,24,25). The highest BCUT2D eigenvalue weighted by Gasteiger charge is 2.34. The molecule has 8 heteroatoms. The van der Waals surface area contributed by atoms with E-state index in [4.69, 9.17) is 9.47 Å². The van der Waals surface area contributed by atoms with Gasteiger partial charge in [0.05, 0.1) is 23.8 Å². The smallest absolute Gasteiger partial charge is 0.261 e. The first-order valence-corrected chi connectivity index (χ1v) is 10.9. The normalized spacial score (nSPS) is 18.8. The van der Waals surface area contributed by atoms with Crippen LogP contribution in [0, 0.1) is 0 Å². The number of amides is 2. The van der Waals surface area contributed by atoms with Crippen LogP contribution < -0.4 is 10.6 Å². The molecule has 1 atom stereocenters. The Morgan fingerprint density at radius 3 is 2.60 bits per heavy atom. The molecule has 2 aliphatic heterocycles. The number of rotatable bonds is 11. The molecule has 2 heterocycles. The Kier molecular flexibility index (Phi) is 8.65. The van der Waals surface area contributed by atoms with Gasteiger partial charge in [0.1, 0.15) is 0 Å². The zero-order chi connectivity index (χ0) is 21.2. The summed E-state index contributed by atoms with van der Waals surface area (Å²) in [5, 5.41) is 6.54. The van der Waals surface area contributed by atoms with Crippen LogP contribution in [0.15, 0.2) is 29.3 Å². The molecule has 0 bridgehead atoms. The van der Waals surface area contributed by atoms with E-state index in [0.29, 0.717) is 37.4 Å². The van der Waals surface area contributed by atoms with Crippen molar-refractivity contribution in [3.63, 3.8) is 0 Å². The van der Waals surface area contributed by atoms with Crippen LogP contribution in [-0.2, 0) is 9.47 Å². The van der Waals surface area contributed by atoms with Crippen LogP contribution in [0.3, 0.4) is 0 Å². The lowest BCUT2D eigenvalue weighted by Gasteiger charge is -2.15. The number of unbranched alkanes of at least 4 members (excludes halogenated alkanes) is 1. The van der Waals surface area contributed by atoms with Gasteiger partial charge in [-0.2, -0.15) is 0 Å². The molecule has 1 saturated heterocycles. The average Bonchev–Trinajstić information content (AvgIpc) is 3.36. The predicted molar refractivity (Wildman–Crippen MR) is 115 cm³/mol. The third kappa shape index (κ3) is 6.03. The molecule has 0 aliphatic carbocycles. The second-order valence-corrected chi connectivity index (χ2v) is 7.41. The number of hydrogen-bond donors (Lipinski definition) is 2. The molecule has 2 amide bonds. The van der Waals surface area contributed by atoms with Gasteiger partial charge in [-0.1, -0.05) is 12.1 Å². The van der Waals surface area contributed by atoms with Crippen LogP contribution in [-0.4, -0.2) is 74.8 Å². The van der Waals surface area contributed by atoms with E-state index in [-0.39, 0.29) is 17.9 Å². The first-order chi connectivity index (χ1) is 14.7. The van der Waals surface area contributed by atoms with E-state index in [1.165, 1.54) is 4.90 Å². The van der Waals surface area contributed by atoms with Gasteiger partial charge in [-0.05, 0) is 44.7 Å². The highest BCUT2D eigenvalue weighted by Crippen LogP contribution is 2.22. The minimum Gasteiger partial charge on any atom is -0.379 e. The van der Waals surface area contributed by atoms with Crippen molar-refractivity contribution < 1.29 is 19.1 Å². The van der Waals surface area contributed by atoms with Gasteiger partial charge in [0.25, 0.3) is 11.8 Å². The van der Waals surface area contributed by atoms with Crippen LogP contribution in [0.4, 0.5) is 0 Å². The Balaban J connectivity index is 1.31.